The molecule has 0 aliphatic carbocycles. The molecule has 1 saturated heterocycles. The van der Waals surface area contributed by atoms with E-state index < -0.39 is 0 Å². The van der Waals surface area contributed by atoms with Gasteiger partial charge in [0.05, 0.1) is 0 Å². The number of rotatable bonds is 5. The van der Waals surface area contributed by atoms with Crippen molar-refractivity contribution in [1.29, 1.82) is 0 Å². The van der Waals surface area contributed by atoms with Gasteiger partial charge in [-0.2, -0.15) is 0 Å². The van der Waals surface area contributed by atoms with Gasteiger partial charge in [-0.15, -0.1) is 0 Å². The van der Waals surface area contributed by atoms with Gasteiger partial charge in [0.1, 0.15) is 0 Å². The molecule has 2 rings (SSSR count). The Balaban J connectivity index is 1.87. The minimum absolute atomic E-state index is 0.141. The molecule has 0 radical (unpaired) electrons. The third-order valence-electron chi connectivity index (χ3n) is 4.53. The van der Waals surface area contributed by atoms with E-state index in [-0.39, 0.29) is 5.91 Å². The van der Waals surface area contributed by atoms with Crippen LogP contribution in [0.15, 0.2) is 24.3 Å². The summed E-state index contributed by atoms with van der Waals surface area (Å²) in [5.74, 6) is 1.76. The summed E-state index contributed by atoms with van der Waals surface area (Å²) in [6, 6.07) is 8.18. The van der Waals surface area contributed by atoms with Crippen LogP contribution in [0.3, 0.4) is 0 Å². The molecule has 0 aromatic heterocycles. The molecule has 1 heterocycles. The largest absolute Gasteiger partial charge is 0.326 e. The number of nitrogens with one attached hydrogen (secondary N) is 2. The topological polar surface area (TPSA) is 41.1 Å². The SMILES string of the molecule is CC(C)c1cccc(NC(=O)CC(C)C2CCNCC2)c1. The molecule has 1 unspecified atom stereocenters. The van der Waals surface area contributed by atoms with E-state index in [0.29, 0.717) is 24.2 Å². The average Bonchev–Trinajstić information content (AvgIpc) is 2.48. The van der Waals surface area contributed by atoms with Crippen LogP contribution >= 0.6 is 0 Å². The van der Waals surface area contributed by atoms with Crippen molar-refractivity contribution >= 4 is 11.6 Å². The summed E-state index contributed by atoms with van der Waals surface area (Å²) in [5.41, 5.74) is 2.18. The second-order valence-corrected chi connectivity index (χ2v) is 6.60. The van der Waals surface area contributed by atoms with Crippen molar-refractivity contribution in [3.05, 3.63) is 29.8 Å². The number of amides is 1. The summed E-state index contributed by atoms with van der Waals surface area (Å²) in [6.07, 6.45) is 3.01. The molecule has 1 aliphatic heterocycles. The molecule has 1 atom stereocenters. The van der Waals surface area contributed by atoms with Crippen LogP contribution in [0.1, 0.15) is 51.5 Å². The molecular weight excluding hydrogens is 260 g/mol. The Morgan fingerprint density at radius 1 is 1.29 bits per heavy atom. The molecule has 21 heavy (non-hydrogen) atoms. The first-order valence-corrected chi connectivity index (χ1v) is 8.16. The van der Waals surface area contributed by atoms with Crippen LogP contribution in [0.2, 0.25) is 0 Å². The summed E-state index contributed by atoms with van der Waals surface area (Å²) in [6.45, 7) is 8.72. The van der Waals surface area contributed by atoms with E-state index in [1.807, 2.05) is 12.1 Å². The van der Waals surface area contributed by atoms with Gasteiger partial charge in [0.15, 0.2) is 0 Å². The van der Waals surface area contributed by atoms with E-state index in [1.54, 1.807) is 0 Å². The van der Waals surface area contributed by atoms with Gasteiger partial charge < -0.3 is 10.6 Å². The van der Waals surface area contributed by atoms with Crippen molar-refractivity contribution < 1.29 is 4.79 Å². The Morgan fingerprint density at radius 3 is 2.67 bits per heavy atom. The predicted molar refractivity (Wildman–Crippen MR) is 88.5 cm³/mol. The summed E-state index contributed by atoms with van der Waals surface area (Å²) in [7, 11) is 0. The smallest absolute Gasteiger partial charge is 0.224 e. The zero-order valence-electron chi connectivity index (χ0n) is 13.5. The number of hydrogen-bond acceptors (Lipinski definition) is 2. The highest BCUT2D eigenvalue weighted by atomic mass is 16.1. The lowest BCUT2D eigenvalue weighted by molar-refractivity contribution is -0.117. The highest BCUT2D eigenvalue weighted by Gasteiger charge is 2.22. The number of piperidine rings is 1. The molecule has 2 N–H and O–H groups in total. The van der Waals surface area contributed by atoms with Crippen LogP contribution in [0, 0.1) is 11.8 Å². The fourth-order valence-corrected chi connectivity index (χ4v) is 3.06. The molecule has 3 nitrogen and oxygen atoms in total. The molecule has 1 aliphatic rings. The van der Waals surface area contributed by atoms with Gasteiger partial charge in [0.2, 0.25) is 5.91 Å². The molecule has 0 spiro atoms. The molecule has 1 aromatic rings. The number of benzene rings is 1. The first-order chi connectivity index (χ1) is 10.1. The number of hydrogen-bond donors (Lipinski definition) is 2. The van der Waals surface area contributed by atoms with Crippen molar-refractivity contribution in [2.24, 2.45) is 11.8 Å². The molecule has 1 fully saturated rings. The van der Waals surface area contributed by atoms with Gasteiger partial charge in [-0.25, -0.2) is 0 Å². The van der Waals surface area contributed by atoms with Crippen molar-refractivity contribution in [2.45, 2.75) is 46.0 Å². The highest BCUT2D eigenvalue weighted by Crippen LogP contribution is 2.25. The van der Waals surface area contributed by atoms with E-state index in [1.165, 1.54) is 18.4 Å². The Morgan fingerprint density at radius 2 is 2.00 bits per heavy atom. The Kier molecular flexibility index (Phi) is 5.80. The second-order valence-electron chi connectivity index (χ2n) is 6.60. The normalized spacial score (nSPS) is 17.7. The first-order valence-electron chi connectivity index (χ1n) is 8.16. The first kappa shape index (κ1) is 16.0. The Bertz CT molecular complexity index is 464. The molecule has 1 amide bonds. The van der Waals surface area contributed by atoms with E-state index in [4.69, 9.17) is 0 Å². The van der Waals surface area contributed by atoms with E-state index in [9.17, 15) is 4.79 Å². The lowest BCUT2D eigenvalue weighted by Gasteiger charge is -2.27. The highest BCUT2D eigenvalue weighted by molar-refractivity contribution is 5.90. The van der Waals surface area contributed by atoms with Crippen LogP contribution in [0.25, 0.3) is 0 Å². The van der Waals surface area contributed by atoms with Gasteiger partial charge in [-0.05, 0) is 61.4 Å². The van der Waals surface area contributed by atoms with E-state index in [0.717, 1.165) is 18.8 Å². The molecular formula is C18H28N2O. The number of carbonyl (C=O) groups excluding carboxylic acids is 1. The maximum atomic E-state index is 12.2. The molecule has 0 bridgehead atoms. The van der Waals surface area contributed by atoms with Crippen molar-refractivity contribution in [3.63, 3.8) is 0 Å². The Hall–Kier alpha value is -1.35. The van der Waals surface area contributed by atoms with Crippen LogP contribution in [0.5, 0.6) is 0 Å². The predicted octanol–water partition coefficient (Wildman–Crippen LogP) is 3.77. The maximum Gasteiger partial charge on any atom is 0.224 e. The number of anilines is 1. The van der Waals surface area contributed by atoms with Gasteiger partial charge in [0.25, 0.3) is 0 Å². The van der Waals surface area contributed by atoms with E-state index >= 15 is 0 Å². The fourth-order valence-electron chi connectivity index (χ4n) is 3.06. The third-order valence-corrected chi connectivity index (χ3v) is 4.53. The van der Waals surface area contributed by atoms with Crippen molar-refractivity contribution in [3.8, 4) is 0 Å². The van der Waals surface area contributed by atoms with Gasteiger partial charge in [-0.3, -0.25) is 4.79 Å². The van der Waals surface area contributed by atoms with Gasteiger partial charge >= 0.3 is 0 Å². The fraction of sp³-hybridized carbons (Fsp3) is 0.611. The summed E-state index contributed by atoms with van der Waals surface area (Å²) < 4.78 is 0. The molecule has 1 aromatic carbocycles. The quantitative estimate of drug-likeness (QED) is 0.866. The lowest BCUT2D eigenvalue weighted by atomic mass is 9.84. The Labute approximate surface area is 128 Å². The average molecular weight is 288 g/mol. The summed E-state index contributed by atoms with van der Waals surface area (Å²) in [5, 5.41) is 6.43. The molecule has 0 saturated carbocycles. The van der Waals surface area contributed by atoms with Crippen molar-refractivity contribution in [1.82, 2.24) is 5.32 Å². The van der Waals surface area contributed by atoms with Gasteiger partial charge in [-0.1, -0.05) is 32.9 Å². The summed E-state index contributed by atoms with van der Waals surface area (Å²) in [4.78, 5) is 12.2. The third kappa shape index (κ3) is 4.85. The van der Waals surface area contributed by atoms with Crippen LogP contribution in [-0.4, -0.2) is 19.0 Å². The zero-order chi connectivity index (χ0) is 15.2. The second kappa shape index (κ2) is 7.60. The lowest BCUT2D eigenvalue weighted by Crippen LogP contribution is -2.32. The van der Waals surface area contributed by atoms with Crippen LogP contribution in [-0.2, 0) is 4.79 Å². The van der Waals surface area contributed by atoms with Crippen molar-refractivity contribution in [2.75, 3.05) is 18.4 Å². The monoisotopic (exact) mass is 288 g/mol. The van der Waals surface area contributed by atoms with Crippen LogP contribution in [0.4, 0.5) is 5.69 Å². The standard InChI is InChI=1S/C18H28N2O/c1-13(2)16-5-4-6-17(12-16)20-18(21)11-14(3)15-7-9-19-10-8-15/h4-6,12-15,19H,7-11H2,1-3H3,(H,20,21). The minimum atomic E-state index is 0.141. The zero-order valence-corrected chi connectivity index (χ0v) is 13.5. The maximum absolute atomic E-state index is 12.2. The number of carbonyl (C=O) groups is 1. The van der Waals surface area contributed by atoms with Crippen LogP contribution < -0.4 is 10.6 Å². The molecule has 116 valence electrons. The molecule has 3 heteroatoms. The van der Waals surface area contributed by atoms with Gasteiger partial charge in [0, 0.05) is 12.1 Å². The summed E-state index contributed by atoms with van der Waals surface area (Å²) >= 11 is 0. The minimum Gasteiger partial charge on any atom is -0.326 e. The van der Waals surface area contributed by atoms with E-state index in [2.05, 4.69) is 43.5 Å².